The van der Waals surface area contributed by atoms with E-state index < -0.39 is 5.60 Å². The Balaban J connectivity index is 1.91. The number of carbonyl (C=O) groups is 1. The third-order valence-corrected chi connectivity index (χ3v) is 3.85. The predicted molar refractivity (Wildman–Crippen MR) is 81.7 cm³/mol. The molecule has 0 aromatic heterocycles. The third-order valence-electron chi connectivity index (χ3n) is 3.85. The fourth-order valence-electron chi connectivity index (χ4n) is 2.90. The molecule has 0 N–H and O–H groups in total. The molecule has 2 aliphatic heterocycles. The van der Waals surface area contributed by atoms with Crippen molar-refractivity contribution in [3.8, 4) is 0 Å². The van der Waals surface area contributed by atoms with E-state index in [-0.39, 0.29) is 24.5 Å². The molecule has 0 bridgehead atoms. The van der Waals surface area contributed by atoms with Gasteiger partial charge in [-0.25, -0.2) is 4.79 Å². The molecule has 22 heavy (non-hydrogen) atoms. The summed E-state index contributed by atoms with van der Waals surface area (Å²) in [4.78, 5) is 14.1. The first-order valence-electron chi connectivity index (χ1n) is 8.14. The summed E-state index contributed by atoms with van der Waals surface area (Å²) in [5, 5.41) is 0. The maximum absolute atomic E-state index is 12.3. The molecule has 128 valence electrons. The Morgan fingerprint density at radius 1 is 1.32 bits per heavy atom. The zero-order valence-electron chi connectivity index (χ0n) is 14.2. The zero-order chi connectivity index (χ0) is 16.2. The molecule has 0 aromatic rings. The highest BCUT2D eigenvalue weighted by atomic mass is 16.7. The lowest BCUT2D eigenvalue weighted by molar-refractivity contribution is -0.185. The van der Waals surface area contributed by atoms with Crippen LogP contribution in [0.2, 0.25) is 0 Å². The topological polar surface area (TPSA) is 57.2 Å². The number of nitrogens with zero attached hydrogens (tertiary/aromatic N) is 1. The standard InChI is InChI=1S/C16H29NO5/c1-16(2,3)22-15(18)17-10-13(9-12(17)11-19-4)21-14-7-5-6-8-20-14/h12-14H,5-11H2,1-4H3/t12-,13-,14?/m1/s1. The van der Waals surface area contributed by atoms with Crippen LogP contribution in [0.15, 0.2) is 0 Å². The Bertz CT molecular complexity index is 362. The smallest absolute Gasteiger partial charge is 0.410 e. The number of hydrogen-bond donors (Lipinski definition) is 0. The van der Waals surface area contributed by atoms with E-state index in [1.807, 2.05) is 20.8 Å². The second-order valence-electron chi connectivity index (χ2n) is 7.03. The Morgan fingerprint density at radius 3 is 2.68 bits per heavy atom. The van der Waals surface area contributed by atoms with Crippen LogP contribution in [0, 0.1) is 0 Å². The van der Waals surface area contributed by atoms with Crippen molar-refractivity contribution in [2.45, 2.75) is 70.5 Å². The number of rotatable bonds is 4. The van der Waals surface area contributed by atoms with E-state index in [2.05, 4.69) is 0 Å². The van der Waals surface area contributed by atoms with Crippen LogP contribution < -0.4 is 0 Å². The van der Waals surface area contributed by atoms with Gasteiger partial charge < -0.3 is 23.8 Å². The molecule has 1 amide bonds. The Morgan fingerprint density at radius 2 is 2.09 bits per heavy atom. The van der Waals surface area contributed by atoms with Gasteiger partial charge in [-0.3, -0.25) is 0 Å². The highest BCUT2D eigenvalue weighted by Gasteiger charge is 2.39. The van der Waals surface area contributed by atoms with Crippen LogP contribution in [0.5, 0.6) is 0 Å². The van der Waals surface area contributed by atoms with Gasteiger partial charge in [-0.15, -0.1) is 0 Å². The molecule has 2 aliphatic rings. The number of likely N-dealkylation sites (tertiary alicyclic amines) is 1. The van der Waals surface area contributed by atoms with Crippen LogP contribution in [0.4, 0.5) is 4.79 Å². The molecule has 6 heteroatoms. The quantitative estimate of drug-likeness (QED) is 0.798. The second-order valence-corrected chi connectivity index (χ2v) is 7.03. The van der Waals surface area contributed by atoms with Gasteiger partial charge in [-0.05, 0) is 46.5 Å². The van der Waals surface area contributed by atoms with E-state index in [1.165, 1.54) is 0 Å². The molecule has 2 saturated heterocycles. The fourth-order valence-corrected chi connectivity index (χ4v) is 2.90. The lowest BCUT2D eigenvalue weighted by Crippen LogP contribution is -2.42. The van der Waals surface area contributed by atoms with Gasteiger partial charge in [-0.1, -0.05) is 0 Å². The first-order chi connectivity index (χ1) is 10.4. The van der Waals surface area contributed by atoms with Crippen molar-refractivity contribution in [3.63, 3.8) is 0 Å². The summed E-state index contributed by atoms with van der Waals surface area (Å²) in [6.45, 7) is 7.39. The van der Waals surface area contributed by atoms with Gasteiger partial charge in [-0.2, -0.15) is 0 Å². The Hall–Kier alpha value is -0.850. The van der Waals surface area contributed by atoms with Gasteiger partial charge in [0.2, 0.25) is 0 Å². The second kappa shape index (κ2) is 7.62. The van der Waals surface area contributed by atoms with Gasteiger partial charge >= 0.3 is 6.09 Å². The highest BCUT2D eigenvalue weighted by Crippen LogP contribution is 2.26. The van der Waals surface area contributed by atoms with Crippen molar-refractivity contribution < 1.29 is 23.7 Å². The zero-order valence-corrected chi connectivity index (χ0v) is 14.2. The molecular formula is C16H29NO5. The van der Waals surface area contributed by atoms with E-state index >= 15 is 0 Å². The van der Waals surface area contributed by atoms with E-state index in [4.69, 9.17) is 18.9 Å². The van der Waals surface area contributed by atoms with Gasteiger partial charge in [0.1, 0.15) is 5.60 Å². The number of hydrogen-bond acceptors (Lipinski definition) is 5. The van der Waals surface area contributed by atoms with E-state index in [0.29, 0.717) is 13.2 Å². The average Bonchev–Trinajstić information content (AvgIpc) is 2.81. The molecule has 0 radical (unpaired) electrons. The summed E-state index contributed by atoms with van der Waals surface area (Å²) in [5.41, 5.74) is -0.500. The minimum atomic E-state index is -0.500. The van der Waals surface area contributed by atoms with Crippen molar-refractivity contribution in [2.24, 2.45) is 0 Å². The Kier molecular flexibility index (Phi) is 6.06. The number of ether oxygens (including phenoxy) is 4. The molecule has 2 fully saturated rings. The van der Waals surface area contributed by atoms with E-state index in [1.54, 1.807) is 12.0 Å². The van der Waals surface area contributed by atoms with Gasteiger partial charge in [0, 0.05) is 13.7 Å². The van der Waals surface area contributed by atoms with Crippen molar-refractivity contribution in [2.75, 3.05) is 26.9 Å². The normalized spacial score (nSPS) is 29.6. The predicted octanol–water partition coefficient (Wildman–Crippen LogP) is 2.55. The summed E-state index contributed by atoms with van der Waals surface area (Å²) in [7, 11) is 1.64. The molecule has 0 saturated carbocycles. The van der Waals surface area contributed by atoms with Crippen molar-refractivity contribution >= 4 is 6.09 Å². The maximum Gasteiger partial charge on any atom is 0.410 e. The molecule has 1 unspecified atom stereocenters. The lowest BCUT2D eigenvalue weighted by atomic mass is 10.2. The van der Waals surface area contributed by atoms with Gasteiger partial charge in [0.25, 0.3) is 0 Å². The third kappa shape index (κ3) is 5.11. The monoisotopic (exact) mass is 315 g/mol. The minimum absolute atomic E-state index is 0.00607. The lowest BCUT2D eigenvalue weighted by Gasteiger charge is -2.28. The van der Waals surface area contributed by atoms with Crippen molar-refractivity contribution in [1.82, 2.24) is 4.90 Å². The number of amides is 1. The summed E-state index contributed by atoms with van der Waals surface area (Å²) in [6, 6.07) is -0.00607. The van der Waals surface area contributed by atoms with Crippen LogP contribution in [-0.2, 0) is 18.9 Å². The molecule has 2 rings (SSSR count). The molecular weight excluding hydrogens is 286 g/mol. The van der Waals surface area contributed by atoms with Crippen LogP contribution >= 0.6 is 0 Å². The SMILES string of the molecule is COC[C@H]1C[C@@H](OC2CCCCO2)CN1C(=O)OC(C)(C)C. The van der Waals surface area contributed by atoms with E-state index in [0.717, 1.165) is 32.3 Å². The molecule has 0 aliphatic carbocycles. The molecule has 6 nitrogen and oxygen atoms in total. The molecule has 0 aromatic carbocycles. The van der Waals surface area contributed by atoms with Crippen LogP contribution in [0.3, 0.4) is 0 Å². The van der Waals surface area contributed by atoms with Crippen LogP contribution in [-0.4, -0.2) is 61.9 Å². The summed E-state index contributed by atoms with van der Waals surface area (Å²) in [5.74, 6) is 0. The fraction of sp³-hybridized carbons (Fsp3) is 0.938. The Labute approximate surface area is 133 Å². The maximum atomic E-state index is 12.3. The number of carbonyl (C=O) groups excluding carboxylic acids is 1. The summed E-state index contributed by atoms with van der Waals surface area (Å²) >= 11 is 0. The largest absolute Gasteiger partial charge is 0.444 e. The summed E-state index contributed by atoms with van der Waals surface area (Å²) < 4.78 is 22.4. The first kappa shape index (κ1) is 17.5. The van der Waals surface area contributed by atoms with Gasteiger partial charge in [0.15, 0.2) is 6.29 Å². The molecule has 0 spiro atoms. The molecule has 2 heterocycles. The summed E-state index contributed by atoms with van der Waals surface area (Å²) in [6.07, 6.45) is 3.46. The minimum Gasteiger partial charge on any atom is -0.444 e. The van der Waals surface area contributed by atoms with E-state index in [9.17, 15) is 4.79 Å². The number of methoxy groups -OCH3 is 1. The average molecular weight is 315 g/mol. The molecule has 3 atom stereocenters. The van der Waals surface area contributed by atoms with Crippen molar-refractivity contribution in [3.05, 3.63) is 0 Å². The van der Waals surface area contributed by atoms with Gasteiger partial charge in [0.05, 0.1) is 25.3 Å². The van der Waals surface area contributed by atoms with Crippen LogP contribution in [0.25, 0.3) is 0 Å². The van der Waals surface area contributed by atoms with Crippen LogP contribution in [0.1, 0.15) is 46.5 Å². The highest BCUT2D eigenvalue weighted by molar-refractivity contribution is 5.69. The first-order valence-corrected chi connectivity index (χ1v) is 8.14. The van der Waals surface area contributed by atoms with Crippen molar-refractivity contribution in [1.29, 1.82) is 0 Å².